The first-order valence-electron chi connectivity index (χ1n) is 7.62. The molecule has 1 saturated carbocycles. The van der Waals surface area contributed by atoms with Gasteiger partial charge in [-0.2, -0.15) is 0 Å². The van der Waals surface area contributed by atoms with Crippen LogP contribution in [0, 0.1) is 0 Å². The van der Waals surface area contributed by atoms with E-state index in [1.54, 1.807) is 0 Å². The van der Waals surface area contributed by atoms with Gasteiger partial charge in [-0.05, 0) is 24.0 Å². The molecule has 0 aliphatic heterocycles. The lowest BCUT2D eigenvalue weighted by atomic mass is 10.2. The molecule has 0 amide bonds. The van der Waals surface area contributed by atoms with E-state index in [9.17, 15) is 0 Å². The second kappa shape index (κ2) is 7.19. The molecule has 2 heteroatoms. The first kappa shape index (κ1) is 14.0. The van der Waals surface area contributed by atoms with Crippen LogP contribution in [0.15, 0.2) is 65.7 Å². The summed E-state index contributed by atoms with van der Waals surface area (Å²) in [6.07, 6.45) is 3.49. The van der Waals surface area contributed by atoms with Gasteiger partial charge < -0.3 is 4.74 Å². The lowest BCUT2D eigenvalue weighted by Gasteiger charge is -2.10. The van der Waals surface area contributed by atoms with Gasteiger partial charge in [0.15, 0.2) is 0 Å². The van der Waals surface area contributed by atoms with Gasteiger partial charge in [0.1, 0.15) is 0 Å². The lowest BCUT2D eigenvalue weighted by Crippen LogP contribution is -2.08. The Kier molecular flexibility index (Phi) is 4.80. The highest BCUT2D eigenvalue weighted by Crippen LogP contribution is 2.21. The number of aliphatic imine (C=N–C) groups is 1. The molecule has 3 rings (SSSR count). The minimum absolute atomic E-state index is 0.333. The van der Waals surface area contributed by atoms with E-state index in [1.165, 1.54) is 16.8 Å². The quantitative estimate of drug-likeness (QED) is 0.795. The molecule has 1 atom stereocenters. The summed E-state index contributed by atoms with van der Waals surface area (Å²) in [6, 6.07) is 20.8. The zero-order valence-corrected chi connectivity index (χ0v) is 12.2. The van der Waals surface area contributed by atoms with E-state index in [0.29, 0.717) is 12.7 Å². The molecule has 2 nitrogen and oxygen atoms in total. The Labute approximate surface area is 126 Å². The molecule has 0 bridgehead atoms. The molecule has 0 aromatic heterocycles. The van der Waals surface area contributed by atoms with Crippen molar-refractivity contribution >= 4 is 5.71 Å². The fourth-order valence-electron chi connectivity index (χ4n) is 2.66. The Morgan fingerprint density at radius 3 is 2.29 bits per heavy atom. The predicted molar refractivity (Wildman–Crippen MR) is 86.5 cm³/mol. The van der Waals surface area contributed by atoms with Crippen molar-refractivity contribution in [2.75, 3.05) is 0 Å². The molecule has 1 unspecified atom stereocenters. The normalized spacial score (nSPS) is 20.0. The molecule has 0 N–H and O–H groups in total. The molecule has 0 heterocycles. The maximum Gasteiger partial charge on any atom is 0.0720 e. The minimum atomic E-state index is 0.333. The van der Waals surface area contributed by atoms with Gasteiger partial charge in [-0.15, -0.1) is 0 Å². The number of ether oxygens (including phenoxy) is 1. The van der Waals surface area contributed by atoms with E-state index in [4.69, 9.17) is 9.73 Å². The summed E-state index contributed by atoms with van der Waals surface area (Å²) in [5, 5.41) is 0. The van der Waals surface area contributed by atoms with Crippen molar-refractivity contribution in [1.82, 2.24) is 0 Å². The van der Waals surface area contributed by atoms with Crippen LogP contribution in [-0.2, 0) is 17.9 Å². The maximum atomic E-state index is 5.99. The summed E-state index contributed by atoms with van der Waals surface area (Å²) in [5.74, 6) is 0. The Balaban J connectivity index is 1.47. The molecular formula is C19H21NO. The van der Waals surface area contributed by atoms with E-state index < -0.39 is 0 Å². The van der Waals surface area contributed by atoms with Crippen LogP contribution in [0.3, 0.4) is 0 Å². The third-order valence-corrected chi connectivity index (χ3v) is 3.87. The fourth-order valence-corrected chi connectivity index (χ4v) is 2.66. The summed E-state index contributed by atoms with van der Waals surface area (Å²) in [4.78, 5) is 4.74. The van der Waals surface area contributed by atoms with Crippen molar-refractivity contribution in [2.45, 2.75) is 38.5 Å². The van der Waals surface area contributed by atoms with Gasteiger partial charge in [0.2, 0.25) is 0 Å². The molecule has 1 aliphatic rings. The van der Waals surface area contributed by atoms with Crippen LogP contribution < -0.4 is 0 Å². The van der Waals surface area contributed by atoms with Crippen molar-refractivity contribution in [2.24, 2.45) is 4.99 Å². The maximum absolute atomic E-state index is 5.99. The lowest BCUT2D eigenvalue weighted by molar-refractivity contribution is 0.0487. The Bertz CT molecular complexity index is 577. The molecular weight excluding hydrogens is 258 g/mol. The van der Waals surface area contributed by atoms with Crippen LogP contribution >= 0.6 is 0 Å². The first-order chi connectivity index (χ1) is 10.4. The summed E-state index contributed by atoms with van der Waals surface area (Å²) in [6.45, 7) is 1.50. The highest BCUT2D eigenvalue weighted by atomic mass is 16.5. The molecule has 1 fully saturated rings. The van der Waals surface area contributed by atoms with E-state index in [0.717, 1.165) is 25.8 Å². The molecule has 1 aliphatic carbocycles. The van der Waals surface area contributed by atoms with Crippen LogP contribution in [0.2, 0.25) is 0 Å². The predicted octanol–water partition coefficient (Wildman–Crippen LogP) is 4.40. The molecule has 0 spiro atoms. The van der Waals surface area contributed by atoms with Crippen molar-refractivity contribution in [3.05, 3.63) is 71.8 Å². The number of nitrogens with zero attached hydrogens (tertiary/aromatic N) is 1. The van der Waals surface area contributed by atoms with E-state index in [2.05, 4.69) is 48.5 Å². The average molecular weight is 279 g/mol. The molecule has 21 heavy (non-hydrogen) atoms. The van der Waals surface area contributed by atoms with Gasteiger partial charge in [0.05, 0.1) is 19.3 Å². The second-order valence-electron chi connectivity index (χ2n) is 5.53. The molecule has 0 radical (unpaired) electrons. The average Bonchev–Trinajstić information content (AvgIpc) is 3.01. The fraction of sp³-hybridized carbons (Fsp3) is 0.316. The van der Waals surface area contributed by atoms with Crippen LogP contribution in [0.25, 0.3) is 0 Å². The Hall–Kier alpha value is -1.93. The number of hydrogen-bond donors (Lipinski definition) is 0. The van der Waals surface area contributed by atoms with Crippen LogP contribution in [0.4, 0.5) is 0 Å². The first-order valence-corrected chi connectivity index (χ1v) is 7.62. The number of rotatable bonds is 5. The van der Waals surface area contributed by atoms with Crippen molar-refractivity contribution in [1.29, 1.82) is 0 Å². The van der Waals surface area contributed by atoms with Gasteiger partial charge in [0, 0.05) is 12.1 Å². The molecule has 108 valence electrons. The summed E-state index contributed by atoms with van der Waals surface area (Å²) in [5.41, 5.74) is 3.82. The van der Waals surface area contributed by atoms with E-state index in [-0.39, 0.29) is 0 Å². The number of benzene rings is 2. The summed E-state index contributed by atoms with van der Waals surface area (Å²) >= 11 is 0. The zero-order chi connectivity index (χ0) is 14.3. The standard InChI is InChI=1S/C19H21NO/c1-3-7-16(8-4-1)14-20-18-11-12-19(13-18)21-15-17-9-5-2-6-10-17/h1-10,19H,11-15H2. The van der Waals surface area contributed by atoms with Crippen LogP contribution in [0.1, 0.15) is 30.4 Å². The van der Waals surface area contributed by atoms with Gasteiger partial charge in [-0.25, -0.2) is 0 Å². The number of hydrogen-bond acceptors (Lipinski definition) is 2. The Morgan fingerprint density at radius 2 is 1.57 bits per heavy atom. The SMILES string of the molecule is c1ccc(CN=C2CCC(OCc3ccccc3)C2)cc1. The molecule has 0 saturated heterocycles. The second-order valence-corrected chi connectivity index (χ2v) is 5.53. The summed E-state index contributed by atoms with van der Waals surface area (Å²) < 4.78 is 5.99. The van der Waals surface area contributed by atoms with Crippen molar-refractivity contribution < 1.29 is 4.74 Å². The van der Waals surface area contributed by atoms with Gasteiger partial charge in [0.25, 0.3) is 0 Å². The molecule has 2 aromatic carbocycles. The monoisotopic (exact) mass is 279 g/mol. The third kappa shape index (κ3) is 4.27. The highest BCUT2D eigenvalue weighted by Gasteiger charge is 2.20. The largest absolute Gasteiger partial charge is 0.373 e. The van der Waals surface area contributed by atoms with E-state index >= 15 is 0 Å². The highest BCUT2D eigenvalue weighted by molar-refractivity contribution is 5.86. The molecule has 2 aromatic rings. The zero-order valence-electron chi connectivity index (χ0n) is 12.2. The van der Waals surface area contributed by atoms with Gasteiger partial charge in [-0.3, -0.25) is 4.99 Å². The van der Waals surface area contributed by atoms with Crippen molar-refractivity contribution in [3.63, 3.8) is 0 Å². The summed E-state index contributed by atoms with van der Waals surface area (Å²) in [7, 11) is 0. The topological polar surface area (TPSA) is 21.6 Å². The van der Waals surface area contributed by atoms with Crippen LogP contribution in [0.5, 0.6) is 0 Å². The smallest absolute Gasteiger partial charge is 0.0720 e. The van der Waals surface area contributed by atoms with Crippen LogP contribution in [-0.4, -0.2) is 11.8 Å². The minimum Gasteiger partial charge on any atom is -0.373 e. The van der Waals surface area contributed by atoms with Crippen molar-refractivity contribution in [3.8, 4) is 0 Å². The van der Waals surface area contributed by atoms with Gasteiger partial charge in [-0.1, -0.05) is 60.7 Å². The van der Waals surface area contributed by atoms with Gasteiger partial charge >= 0.3 is 0 Å². The third-order valence-electron chi connectivity index (χ3n) is 3.87. The Morgan fingerprint density at radius 1 is 0.905 bits per heavy atom. The van der Waals surface area contributed by atoms with E-state index in [1.807, 2.05) is 12.1 Å².